The number of carbonyl (C=O) groups is 2. The summed E-state index contributed by atoms with van der Waals surface area (Å²) in [7, 11) is 0. The number of nitrogens with zero attached hydrogens (tertiary/aromatic N) is 3. The van der Waals surface area contributed by atoms with Gasteiger partial charge in [0.2, 0.25) is 11.8 Å². The van der Waals surface area contributed by atoms with E-state index < -0.39 is 23.6 Å². The highest BCUT2D eigenvalue weighted by Crippen LogP contribution is 2.40. The zero-order valence-corrected chi connectivity index (χ0v) is 20.4. The van der Waals surface area contributed by atoms with E-state index in [1.165, 1.54) is 25.7 Å². The quantitative estimate of drug-likeness (QED) is 0.531. The van der Waals surface area contributed by atoms with Crippen molar-refractivity contribution in [2.45, 2.75) is 76.3 Å². The summed E-state index contributed by atoms with van der Waals surface area (Å²) in [6.45, 7) is 5.21. The van der Waals surface area contributed by atoms with Crippen molar-refractivity contribution in [2.24, 2.45) is 0 Å². The third-order valence-electron chi connectivity index (χ3n) is 7.15. The Hall–Kier alpha value is -2.81. The van der Waals surface area contributed by atoms with Crippen LogP contribution < -0.4 is 10.6 Å². The second kappa shape index (κ2) is 11.3. The van der Waals surface area contributed by atoms with Gasteiger partial charge in [-0.05, 0) is 69.3 Å². The normalized spacial score (nSPS) is 18.5. The molecular weight excluding hydrogens is 452 g/mol. The molecule has 2 fully saturated rings. The molecule has 7 nitrogen and oxygen atoms in total. The van der Waals surface area contributed by atoms with Gasteiger partial charge in [-0.25, -0.2) is 13.8 Å². The van der Waals surface area contributed by atoms with Crippen LogP contribution in [-0.4, -0.2) is 51.9 Å². The number of piperidine rings is 1. The maximum absolute atomic E-state index is 13.4. The molecule has 9 heteroatoms. The minimum absolute atomic E-state index is 0.0323. The number of imidazole rings is 1. The smallest absolute Gasteiger partial charge is 0.248 e. The maximum atomic E-state index is 13.4. The largest absolute Gasteiger partial charge is 0.344 e. The molecule has 0 unspecified atom stereocenters. The Labute approximate surface area is 205 Å². The summed E-state index contributed by atoms with van der Waals surface area (Å²) >= 11 is 0. The van der Waals surface area contributed by atoms with Crippen LogP contribution in [0.15, 0.2) is 30.7 Å². The van der Waals surface area contributed by atoms with Gasteiger partial charge < -0.3 is 20.1 Å². The van der Waals surface area contributed by atoms with Crippen LogP contribution in [-0.2, 0) is 21.5 Å². The molecule has 1 aromatic heterocycles. The number of likely N-dealkylation sites (tertiary alicyclic amines) is 1. The van der Waals surface area contributed by atoms with Crippen molar-refractivity contribution < 1.29 is 18.4 Å². The van der Waals surface area contributed by atoms with E-state index in [1.807, 2.05) is 13.1 Å². The highest BCUT2D eigenvalue weighted by atomic mass is 19.1. The minimum atomic E-state index is -0.762. The van der Waals surface area contributed by atoms with Crippen molar-refractivity contribution in [1.29, 1.82) is 0 Å². The first-order chi connectivity index (χ1) is 16.9. The lowest BCUT2D eigenvalue weighted by Crippen LogP contribution is -2.50. The zero-order valence-electron chi connectivity index (χ0n) is 20.4. The first kappa shape index (κ1) is 25.3. The first-order valence-electron chi connectivity index (χ1n) is 12.7. The number of amides is 2. The molecule has 2 aliphatic rings. The lowest BCUT2D eigenvalue weighted by molar-refractivity contribution is -0.126. The summed E-state index contributed by atoms with van der Waals surface area (Å²) in [6, 6.07) is 2.23. The number of halogens is 2. The number of hydrogen-bond acceptors (Lipinski definition) is 4. The Morgan fingerprint density at radius 1 is 1.09 bits per heavy atom. The Balaban J connectivity index is 1.36. The van der Waals surface area contributed by atoms with E-state index in [9.17, 15) is 18.4 Å². The van der Waals surface area contributed by atoms with Crippen LogP contribution in [0, 0.1) is 11.6 Å². The predicted octanol–water partition coefficient (Wildman–Crippen LogP) is 3.99. The molecule has 1 aromatic carbocycles. The van der Waals surface area contributed by atoms with Gasteiger partial charge in [-0.2, -0.15) is 0 Å². The van der Waals surface area contributed by atoms with Gasteiger partial charge in [0, 0.05) is 18.8 Å². The van der Waals surface area contributed by atoms with Crippen LogP contribution in [0.1, 0.15) is 63.9 Å². The molecule has 1 saturated carbocycles. The van der Waals surface area contributed by atoms with Crippen LogP contribution >= 0.6 is 0 Å². The molecule has 190 valence electrons. The number of nitrogens with one attached hydrogen (secondary N) is 2. The van der Waals surface area contributed by atoms with Gasteiger partial charge in [-0.1, -0.05) is 19.8 Å². The predicted molar refractivity (Wildman–Crippen MR) is 130 cm³/mol. The average molecular weight is 488 g/mol. The lowest BCUT2D eigenvalue weighted by atomic mass is 9.76. The molecule has 0 spiro atoms. The Morgan fingerprint density at radius 3 is 2.43 bits per heavy atom. The maximum Gasteiger partial charge on any atom is 0.248 e. The van der Waals surface area contributed by atoms with E-state index in [0.717, 1.165) is 50.7 Å². The van der Waals surface area contributed by atoms with Gasteiger partial charge in [0.15, 0.2) is 5.82 Å². The van der Waals surface area contributed by atoms with Crippen LogP contribution in [0.4, 0.5) is 14.6 Å². The number of anilines is 1. The van der Waals surface area contributed by atoms with Crippen molar-refractivity contribution in [3.63, 3.8) is 0 Å². The minimum Gasteiger partial charge on any atom is -0.344 e. The van der Waals surface area contributed by atoms with Crippen molar-refractivity contribution in [2.75, 3.05) is 25.0 Å². The van der Waals surface area contributed by atoms with Gasteiger partial charge >= 0.3 is 0 Å². The van der Waals surface area contributed by atoms with Crippen LogP contribution in [0.3, 0.4) is 0 Å². The highest BCUT2D eigenvalue weighted by molar-refractivity contribution is 5.96. The number of aromatic nitrogens is 2. The lowest BCUT2D eigenvalue weighted by Gasteiger charge is -2.46. The first-order valence-corrected chi connectivity index (χ1v) is 12.7. The van der Waals surface area contributed by atoms with E-state index in [2.05, 4.69) is 25.1 Å². The monoisotopic (exact) mass is 487 g/mol. The highest BCUT2D eigenvalue weighted by Gasteiger charge is 2.40. The molecule has 1 aliphatic carbocycles. The second-order valence-electron chi connectivity index (χ2n) is 9.93. The fourth-order valence-electron chi connectivity index (χ4n) is 5.18. The van der Waals surface area contributed by atoms with E-state index in [1.54, 1.807) is 6.33 Å². The molecule has 2 amide bonds. The molecular formula is C26H35F2N5O2. The molecule has 1 saturated heterocycles. The zero-order chi connectivity index (χ0) is 24.8. The second-order valence-corrected chi connectivity index (χ2v) is 9.93. The summed E-state index contributed by atoms with van der Waals surface area (Å²) < 4.78 is 29.0. The van der Waals surface area contributed by atoms with Crippen molar-refractivity contribution in [3.8, 4) is 0 Å². The topological polar surface area (TPSA) is 79.3 Å². The summed E-state index contributed by atoms with van der Waals surface area (Å²) in [5, 5.41) is 5.54. The molecule has 2 N–H and O–H groups in total. The number of rotatable bonds is 10. The van der Waals surface area contributed by atoms with Gasteiger partial charge in [0.25, 0.3) is 0 Å². The molecule has 35 heavy (non-hydrogen) atoms. The number of carbonyl (C=O) groups excluding carboxylic acids is 2. The van der Waals surface area contributed by atoms with E-state index in [-0.39, 0.29) is 23.4 Å². The van der Waals surface area contributed by atoms with Crippen LogP contribution in [0.25, 0.3) is 0 Å². The van der Waals surface area contributed by atoms with Gasteiger partial charge in [-0.15, -0.1) is 0 Å². The van der Waals surface area contributed by atoms with Crippen molar-refractivity contribution in [3.05, 3.63) is 47.9 Å². The van der Waals surface area contributed by atoms with E-state index in [4.69, 9.17) is 0 Å². The van der Waals surface area contributed by atoms with E-state index in [0.29, 0.717) is 18.7 Å². The molecule has 2 heterocycles. The van der Waals surface area contributed by atoms with Gasteiger partial charge in [0.05, 0.1) is 18.3 Å². The summed E-state index contributed by atoms with van der Waals surface area (Å²) in [4.78, 5) is 32.4. The van der Waals surface area contributed by atoms with Gasteiger partial charge in [-0.3, -0.25) is 9.59 Å². The van der Waals surface area contributed by atoms with Crippen LogP contribution in [0.2, 0.25) is 0 Å². The molecule has 1 aliphatic heterocycles. The Morgan fingerprint density at radius 2 is 1.80 bits per heavy atom. The van der Waals surface area contributed by atoms with Crippen LogP contribution in [0.5, 0.6) is 0 Å². The molecule has 0 bridgehead atoms. The standard InChI is InChI=1S/C26H35F2N5O2/c1-2-7-22(30-24(34)14-19-12-20(27)15-21(28)13-19)25(35)31-23-16-33(18-29-23)26(8-6-9-26)17-32-10-4-3-5-11-32/h12-13,15-16,18,22H,2-11,14,17H2,1H3,(H,30,34)(H,31,35)/t22-/m0/s1. The molecule has 2 aromatic rings. The summed E-state index contributed by atoms with van der Waals surface area (Å²) in [6.07, 6.45) is 11.8. The third-order valence-corrected chi connectivity index (χ3v) is 7.15. The Kier molecular flexibility index (Phi) is 8.15. The number of benzene rings is 1. The average Bonchev–Trinajstić information content (AvgIpc) is 3.24. The van der Waals surface area contributed by atoms with Crippen molar-refractivity contribution >= 4 is 17.6 Å². The Bertz CT molecular complexity index is 1010. The van der Waals surface area contributed by atoms with Gasteiger partial charge in [0.1, 0.15) is 17.7 Å². The SMILES string of the molecule is CCC[C@H](NC(=O)Cc1cc(F)cc(F)c1)C(=O)Nc1cn(C2(CN3CCCCC3)CCC2)cn1. The fourth-order valence-corrected chi connectivity index (χ4v) is 5.18. The molecule has 0 radical (unpaired) electrons. The van der Waals surface area contributed by atoms with Crippen molar-refractivity contribution in [1.82, 2.24) is 19.8 Å². The third kappa shape index (κ3) is 6.45. The fraction of sp³-hybridized carbons (Fsp3) is 0.577. The summed E-state index contributed by atoms with van der Waals surface area (Å²) in [5.74, 6) is -1.84. The van der Waals surface area contributed by atoms with E-state index >= 15 is 0 Å². The molecule has 4 rings (SSSR count). The summed E-state index contributed by atoms with van der Waals surface area (Å²) in [5.41, 5.74) is 0.249. The number of hydrogen-bond donors (Lipinski definition) is 2. The molecule has 1 atom stereocenters.